The Hall–Kier alpha value is -1.02. The monoisotopic (exact) mass is 191 g/mol. The van der Waals surface area contributed by atoms with E-state index in [2.05, 4.69) is 24.4 Å². The van der Waals surface area contributed by atoms with Gasteiger partial charge in [-0.2, -0.15) is 0 Å². The van der Waals surface area contributed by atoms with Gasteiger partial charge in [0.1, 0.15) is 5.75 Å². The Morgan fingerprint density at radius 2 is 2.07 bits per heavy atom. The van der Waals surface area contributed by atoms with Crippen LogP contribution in [-0.2, 0) is 6.42 Å². The molecule has 2 nitrogen and oxygen atoms in total. The van der Waals surface area contributed by atoms with Crippen LogP contribution in [0, 0.1) is 5.41 Å². The van der Waals surface area contributed by atoms with Crippen molar-refractivity contribution in [2.75, 3.05) is 20.2 Å². The molecular weight excluding hydrogens is 174 g/mol. The van der Waals surface area contributed by atoms with Crippen molar-refractivity contribution in [1.29, 1.82) is 0 Å². The maximum absolute atomic E-state index is 5.34. The van der Waals surface area contributed by atoms with E-state index in [-0.39, 0.29) is 0 Å². The molecule has 0 atom stereocenters. The number of methoxy groups -OCH3 is 1. The smallest absolute Gasteiger partial charge is 0.122 e. The van der Waals surface area contributed by atoms with Crippen LogP contribution < -0.4 is 10.1 Å². The molecule has 0 unspecified atom stereocenters. The van der Waals surface area contributed by atoms with Crippen LogP contribution in [0.3, 0.4) is 0 Å². The molecule has 76 valence electrons. The third-order valence-corrected chi connectivity index (χ3v) is 2.91. The number of benzene rings is 1. The number of nitrogens with one attached hydrogen (secondary N) is 1. The first-order valence-corrected chi connectivity index (χ1v) is 5.06. The normalized spacial score (nSPS) is 18.7. The summed E-state index contributed by atoms with van der Waals surface area (Å²) in [4.78, 5) is 0. The lowest BCUT2D eigenvalue weighted by molar-refractivity contribution is 0.193. The van der Waals surface area contributed by atoms with Crippen molar-refractivity contribution < 1.29 is 4.74 Å². The summed E-state index contributed by atoms with van der Waals surface area (Å²) in [6, 6.07) is 8.28. The molecule has 1 N–H and O–H groups in total. The summed E-state index contributed by atoms with van der Waals surface area (Å²) in [7, 11) is 1.74. The van der Waals surface area contributed by atoms with E-state index in [0.29, 0.717) is 5.41 Å². The van der Waals surface area contributed by atoms with Gasteiger partial charge in [-0.25, -0.2) is 0 Å². The Morgan fingerprint density at radius 3 is 2.64 bits per heavy atom. The molecule has 1 aromatic rings. The third kappa shape index (κ3) is 1.75. The van der Waals surface area contributed by atoms with Crippen molar-refractivity contribution >= 4 is 0 Å². The molecular formula is C12H17NO. The predicted molar refractivity (Wildman–Crippen MR) is 57.7 cm³/mol. The number of para-hydroxylation sites is 1. The SMILES string of the molecule is COc1ccccc1CC1(C)CNC1. The Kier molecular flexibility index (Phi) is 2.46. The van der Waals surface area contributed by atoms with Gasteiger partial charge in [-0.3, -0.25) is 0 Å². The summed E-state index contributed by atoms with van der Waals surface area (Å²) in [5.74, 6) is 1.01. The van der Waals surface area contributed by atoms with Crippen LogP contribution in [0.5, 0.6) is 5.75 Å². The van der Waals surface area contributed by atoms with Crippen LogP contribution in [0.25, 0.3) is 0 Å². The van der Waals surface area contributed by atoms with Crippen LogP contribution in [0.2, 0.25) is 0 Å². The molecule has 0 spiro atoms. The lowest BCUT2D eigenvalue weighted by Gasteiger charge is -2.39. The van der Waals surface area contributed by atoms with Gasteiger partial charge in [-0.15, -0.1) is 0 Å². The standard InChI is InChI=1S/C12H17NO/c1-12(8-13-9-12)7-10-5-3-4-6-11(10)14-2/h3-6,13H,7-9H2,1-2H3. The molecule has 1 aliphatic rings. The Morgan fingerprint density at radius 1 is 1.36 bits per heavy atom. The molecule has 2 heteroatoms. The van der Waals surface area contributed by atoms with Crippen molar-refractivity contribution in [1.82, 2.24) is 5.32 Å². The van der Waals surface area contributed by atoms with E-state index in [1.165, 1.54) is 5.56 Å². The maximum atomic E-state index is 5.34. The number of hydrogen-bond acceptors (Lipinski definition) is 2. The topological polar surface area (TPSA) is 21.3 Å². The van der Waals surface area contributed by atoms with E-state index in [9.17, 15) is 0 Å². The van der Waals surface area contributed by atoms with Gasteiger partial charge in [-0.1, -0.05) is 25.1 Å². The molecule has 1 heterocycles. The first-order chi connectivity index (χ1) is 6.73. The van der Waals surface area contributed by atoms with E-state index < -0.39 is 0 Å². The zero-order chi connectivity index (χ0) is 10.0. The first kappa shape index (κ1) is 9.53. The zero-order valence-electron chi connectivity index (χ0n) is 8.84. The van der Waals surface area contributed by atoms with E-state index in [1.807, 2.05) is 12.1 Å². The van der Waals surface area contributed by atoms with E-state index in [0.717, 1.165) is 25.3 Å². The second kappa shape index (κ2) is 3.62. The van der Waals surface area contributed by atoms with Gasteiger partial charge in [0.25, 0.3) is 0 Å². The molecule has 0 radical (unpaired) electrons. The minimum absolute atomic E-state index is 0.425. The van der Waals surface area contributed by atoms with Crippen molar-refractivity contribution in [2.24, 2.45) is 5.41 Å². The second-order valence-corrected chi connectivity index (χ2v) is 4.40. The van der Waals surface area contributed by atoms with Crippen molar-refractivity contribution in [2.45, 2.75) is 13.3 Å². The molecule has 0 bridgehead atoms. The summed E-state index contributed by atoms with van der Waals surface area (Å²) < 4.78 is 5.34. The van der Waals surface area contributed by atoms with E-state index >= 15 is 0 Å². The van der Waals surface area contributed by atoms with E-state index in [1.54, 1.807) is 7.11 Å². The quantitative estimate of drug-likeness (QED) is 0.787. The Labute approximate surface area is 85.3 Å². The van der Waals surface area contributed by atoms with Gasteiger partial charge in [-0.05, 0) is 23.5 Å². The Bertz CT molecular complexity index is 318. The van der Waals surface area contributed by atoms with E-state index in [4.69, 9.17) is 4.74 Å². The molecule has 14 heavy (non-hydrogen) atoms. The Balaban J connectivity index is 2.15. The van der Waals surface area contributed by atoms with Gasteiger partial charge in [0.05, 0.1) is 7.11 Å². The fourth-order valence-electron chi connectivity index (χ4n) is 1.99. The molecule has 0 saturated carbocycles. The summed E-state index contributed by atoms with van der Waals surface area (Å²) in [6.45, 7) is 4.55. The summed E-state index contributed by atoms with van der Waals surface area (Å²) >= 11 is 0. The molecule has 1 fully saturated rings. The minimum atomic E-state index is 0.425. The fraction of sp³-hybridized carbons (Fsp3) is 0.500. The maximum Gasteiger partial charge on any atom is 0.122 e. The molecule has 1 aromatic carbocycles. The molecule has 0 amide bonds. The molecule has 1 aliphatic heterocycles. The molecule has 0 aliphatic carbocycles. The highest BCUT2D eigenvalue weighted by Crippen LogP contribution is 2.30. The number of rotatable bonds is 3. The number of ether oxygens (including phenoxy) is 1. The van der Waals surface area contributed by atoms with Gasteiger partial charge in [0, 0.05) is 13.1 Å². The fourth-order valence-corrected chi connectivity index (χ4v) is 1.99. The van der Waals surface area contributed by atoms with Gasteiger partial charge >= 0.3 is 0 Å². The van der Waals surface area contributed by atoms with Crippen LogP contribution in [0.15, 0.2) is 24.3 Å². The average molecular weight is 191 g/mol. The van der Waals surface area contributed by atoms with Crippen LogP contribution >= 0.6 is 0 Å². The van der Waals surface area contributed by atoms with Gasteiger partial charge in [0.2, 0.25) is 0 Å². The van der Waals surface area contributed by atoms with Gasteiger partial charge in [0.15, 0.2) is 0 Å². The summed E-state index contributed by atoms with van der Waals surface area (Å²) in [6.07, 6.45) is 1.10. The molecule has 0 aromatic heterocycles. The second-order valence-electron chi connectivity index (χ2n) is 4.40. The summed E-state index contributed by atoms with van der Waals surface area (Å²) in [5, 5.41) is 3.32. The van der Waals surface area contributed by atoms with Crippen LogP contribution in [-0.4, -0.2) is 20.2 Å². The third-order valence-electron chi connectivity index (χ3n) is 2.91. The average Bonchev–Trinajstić information content (AvgIpc) is 2.16. The largest absolute Gasteiger partial charge is 0.496 e. The molecule has 1 saturated heterocycles. The van der Waals surface area contributed by atoms with Crippen molar-refractivity contribution in [3.8, 4) is 5.75 Å². The minimum Gasteiger partial charge on any atom is -0.496 e. The highest BCUT2D eigenvalue weighted by Gasteiger charge is 2.32. The van der Waals surface area contributed by atoms with Crippen molar-refractivity contribution in [3.63, 3.8) is 0 Å². The van der Waals surface area contributed by atoms with Crippen LogP contribution in [0.1, 0.15) is 12.5 Å². The lowest BCUT2D eigenvalue weighted by atomic mass is 9.78. The van der Waals surface area contributed by atoms with Crippen LogP contribution in [0.4, 0.5) is 0 Å². The lowest BCUT2D eigenvalue weighted by Crippen LogP contribution is -2.52. The van der Waals surface area contributed by atoms with Gasteiger partial charge < -0.3 is 10.1 Å². The predicted octanol–water partition coefficient (Wildman–Crippen LogP) is 1.85. The summed E-state index contributed by atoms with van der Waals surface area (Å²) in [5.41, 5.74) is 1.74. The highest BCUT2D eigenvalue weighted by molar-refractivity contribution is 5.34. The van der Waals surface area contributed by atoms with Crippen molar-refractivity contribution in [3.05, 3.63) is 29.8 Å². The number of hydrogen-bond donors (Lipinski definition) is 1. The zero-order valence-corrected chi connectivity index (χ0v) is 8.84. The molecule has 2 rings (SSSR count). The highest BCUT2D eigenvalue weighted by atomic mass is 16.5. The first-order valence-electron chi connectivity index (χ1n) is 5.06.